The van der Waals surface area contributed by atoms with Gasteiger partial charge in [-0.15, -0.1) is 0 Å². The fourth-order valence-electron chi connectivity index (χ4n) is 1.50. The third-order valence-electron chi connectivity index (χ3n) is 2.77. The van der Waals surface area contributed by atoms with Gasteiger partial charge in [-0.1, -0.05) is 98.1 Å². The lowest BCUT2D eigenvalue weighted by Gasteiger charge is -1.87. The van der Waals surface area contributed by atoms with E-state index in [1.807, 2.05) is 85.0 Å². The Kier molecular flexibility index (Phi) is 14.0. The van der Waals surface area contributed by atoms with Crippen molar-refractivity contribution in [2.45, 2.75) is 0 Å². The summed E-state index contributed by atoms with van der Waals surface area (Å²) in [6, 6.07) is 21.9. The number of carbonyl (C=O) groups is 1. The molecule has 0 saturated carbocycles. The molecule has 0 saturated heterocycles. The Morgan fingerprint density at radius 2 is 1.50 bits per heavy atom. The van der Waals surface area contributed by atoms with Gasteiger partial charge in [0, 0.05) is 12.2 Å². The lowest BCUT2D eigenvalue weighted by atomic mass is 10.2. The molecule has 3 heteroatoms. The topological polar surface area (TPSA) is 50.1 Å². The fourth-order valence-corrected chi connectivity index (χ4v) is 1.50. The zero-order valence-electron chi connectivity index (χ0n) is 14.9. The van der Waals surface area contributed by atoms with E-state index in [4.69, 9.17) is 5.26 Å². The molecule has 0 fully saturated rings. The summed E-state index contributed by atoms with van der Waals surface area (Å²) >= 11 is 0. The maximum Gasteiger partial charge on any atom is 0.329 e. The third kappa shape index (κ3) is 12.9. The number of esters is 1. The van der Waals surface area contributed by atoms with Crippen LogP contribution >= 0.6 is 0 Å². The van der Waals surface area contributed by atoms with Crippen LogP contribution in [0.4, 0.5) is 0 Å². The Morgan fingerprint density at radius 1 is 0.962 bits per heavy atom. The van der Waals surface area contributed by atoms with E-state index in [1.165, 1.54) is 18.7 Å². The number of benzene rings is 2. The van der Waals surface area contributed by atoms with Gasteiger partial charge in [-0.25, -0.2) is 4.79 Å². The highest BCUT2D eigenvalue weighted by molar-refractivity contribution is 5.80. The van der Waals surface area contributed by atoms with E-state index in [1.54, 1.807) is 6.08 Å². The molecule has 0 atom stereocenters. The third-order valence-corrected chi connectivity index (χ3v) is 2.77. The SMILES string of the molecule is C=CC(=O)OC.C=Cc1ccccc1.N#CC=CC=Cc1ccccc1. The largest absolute Gasteiger partial charge is 0.466 e. The molecule has 0 aliphatic heterocycles. The Bertz CT molecular complexity index is 739. The molecule has 0 amide bonds. The molecular weight excluding hydrogens is 322 g/mol. The standard InChI is InChI=1S/C11H9N.C8H8.C4H6O2/c12-10-6-2-5-9-11-7-3-1-4-8-11;1-2-8-6-4-3-5-7-8;1-3-4(5)6-2/h1-9H;2-7H,1H2;3H,1H2,2H3. The lowest BCUT2D eigenvalue weighted by molar-refractivity contribution is -0.134. The van der Waals surface area contributed by atoms with Gasteiger partial charge in [-0.2, -0.15) is 5.26 Å². The molecule has 0 heterocycles. The minimum Gasteiger partial charge on any atom is -0.466 e. The van der Waals surface area contributed by atoms with Crippen LogP contribution in [0.3, 0.4) is 0 Å². The predicted octanol–water partition coefficient (Wildman–Crippen LogP) is 5.45. The first-order valence-electron chi connectivity index (χ1n) is 7.83. The normalized spacial score (nSPS) is 9.08. The number of nitrogens with zero attached hydrogens (tertiary/aromatic N) is 1. The van der Waals surface area contributed by atoms with Gasteiger partial charge in [0.25, 0.3) is 0 Å². The number of nitriles is 1. The second-order valence-corrected chi connectivity index (χ2v) is 4.60. The highest BCUT2D eigenvalue weighted by atomic mass is 16.5. The molecule has 2 aromatic carbocycles. The lowest BCUT2D eigenvalue weighted by Crippen LogP contribution is -1.91. The van der Waals surface area contributed by atoms with Crippen LogP contribution in [0.1, 0.15) is 11.1 Å². The first kappa shape index (κ1) is 22.4. The van der Waals surface area contributed by atoms with Crippen LogP contribution in [0, 0.1) is 11.3 Å². The highest BCUT2D eigenvalue weighted by Gasteiger charge is 1.82. The zero-order valence-corrected chi connectivity index (χ0v) is 14.9. The van der Waals surface area contributed by atoms with Crippen molar-refractivity contribution >= 4 is 18.1 Å². The number of hydrogen-bond acceptors (Lipinski definition) is 3. The average Bonchev–Trinajstić information content (AvgIpc) is 2.73. The second kappa shape index (κ2) is 16.2. The number of ether oxygens (including phenoxy) is 1. The Balaban J connectivity index is 0.000000388. The van der Waals surface area contributed by atoms with Gasteiger partial charge in [-0.3, -0.25) is 0 Å². The van der Waals surface area contributed by atoms with Crippen molar-refractivity contribution in [2.24, 2.45) is 0 Å². The molecular formula is C23H23NO2. The second-order valence-electron chi connectivity index (χ2n) is 4.60. The molecule has 26 heavy (non-hydrogen) atoms. The van der Waals surface area contributed by atoms with Crippen molar-refractivity contribution in [2.75, 3.05) is 7.11 Å². The maximum absolute atomic E-state index is 9.84. The van der Waals surface area contributed by atoms with E-state index < -0.39 is 5.97 Å². The van der Waals surface area contributed by atoms with Crippen LogP contribution in [-0.2, 0) is 9.53 Å². The van der Waals surface area contributed by atoms with Crippen LogP contribution in [0.5, 0.6) is 0 Å². The van der Waals surface area contributed by atoms with Gasteiger partial charge < -0.3 is 4.74 Å². The summed E-state index contributed by atoms with van der Waals surface area (Å²) in [5.74, 6) is -0.394. The molecule has 0 unspecified atom stereocenters. The predicted molar refractivity (Wildman–Crippen MR) is 109 cm³/mol. The summed E-state index contributed by atoms with van der Waals surface area (Å²) in [4.78, 5) is 9.84. The van der Waals surface area contributed by atoms with Gasteiger partial charge in [0.05, 0.1) is 13.2 Å². The van der Waals surface area contributed by atoms with Crippen LogP contribution < -0.4 is 0 Å². The summed E-state index contributed by atoms with van der Waals surface area (Å²) in [7, 11) is 1.31. The van der Waals surface area contributed by atoms with Crippen molar-refractivity contribution in [1.82, 2.24) is 0 Å². The molecule has 3 nitrogen and oxygen atoms in total. The van der Waals surface area contributed by atoms with Crippen LogP contribution in [0.15, 0.2) is 98.1 Å². The molecule has 0 aliphatic carbocycles. The van der Waals surface area contributed by atoms with Gasteiger partial charge in [0.15, 0.2) is 0 Å². The number of carbonyl (C=O) groups excluding carboxylic acids is 1. The van der Waals surface area contributed by atoms with E-state index >= 15 is 0 Å². The number of rotatable bonds is 4. The van der Waals surface area contributed by atoms with Crippen molar-refractivity contribution in [3.05, 3.63) is 109 Å². The van der Waals surface area contributed by atoms with E-state index in [2.05, 4.69) is 17.9 Å². The van der Waals surface area contributed by atoms with Crippen LogP contribution in [0.25, 0.3) is 12.2 Å². The maximum atomic E-state index is 9.84. The number of hydrogen-bond donors (Lipinski definition) is 0. The van der Waals surface area contributed by atoms with Crippen molar-refractivity contribution in [3.8, 4) is 6.07 Å². The number of allylic oxidation sites excluding steroid dienone is 3. The van der Waals surface area contributed by atoms with E-state index in [0.717, 1.165) is 11.6 Å². The van der Waals surface area contributed by atoms with Gasteiger partial charge in [0.1, 0.15) is 0 Å². The Hall–Kier alpha value is -3.64. The molecule has 2 aromatic rings. The molecule has 0 aromatic heterocycles. The zero-order chi connectivity index (χ0) is 19.5. The molecule has 2 rings (SSSR count). The smallest absolute Gasteiger partial charge is 0.329 e. The Labute approximate surface area is 155 Å². The Morgan fingerprint density at radius 3 is 1.85 bits per heavy atom. The van der Waals surface area contributed by atoms with E-state index in [-0.39, 0.29) is 0 Å². The summed E-state index contributed by atoms with van der Waals surface area (Å²) in [5, 5.41) is 8.19. The summed E-state index contributed by atoms with van der Waals surface area (Å²) < 4.78 is 4.14. The molecule has 0 radical (unpaired) electrons. The molecule has 0 bridgehead atoms. The quantitative estimate of drug-likeness (QED) is 0.320. The van der Waals surface area contributed by atoms with Crippen LogP contribution in [-0.4, -0.2) is 13.1 Å². The summed E-state index contributed by atoms with van der Waals surface area (Å²) in [6.45, 7) is 6.79. The molecule has 0 N–H and O–H groups in total. The van der Waals surface area contributed by atoms with Crippen molar-refractivity contribution in [3.63, 3.8) is 0 Å². The van der Waals surface area contributed by atoms with Gasteiger partial charge in [-0.05, 0) is 11.1 Å². The number of methoxy groups -OCH3 is 1. The van der Waals surface area contributed by atoms with Gasteiger partial charge in [0.2, 0.25) is 0 Å². The van der Waals surface area contributed by atoms with Crippen LogP contribution in [0.2, 0.25) is 0 Å². The monoisotopic (exact) mass is 345 g/mol. The summed E-state index contributed by atoms with van der Waals surface area (Å²) in [5.41, 5.74) is 2.31. The minimum atomic E-state index is -0.394. The summed E-state index contributed by atoms with van der Waals surface area (Å²) in [6.07, 6.45) is 9.90. The first-order chi connectivity index (χ1) is 12.7. The van der Waals surface area contributed by atoms with Gasteiger partial charge >= 0.3 is 5.97 Å². The molecule has 0 spiro atoms. The highest BCUT2D eigenvalue weighted by Crippen LogP contribution is 2.00. The first-order valence-corrected chi connectivity index (χ1v) is 7.83. The molecule has 0 aliphatic rings. The van der Waals surface area contributed by atoms with E-state index in [9.17, 15) is 4.79 Å². The van der Waals surface area contributed by atoms with E-state index in [0.29, 0.717) is 0 Å². The van der Waals surface area contributed by atoms with Crippen molar-refractivity contribution < 1.29 is 9.53 Å². The average molecular weight is 345 g/mol. The molecule has 132 valence electrons. The fraction of sp³-hybridized carbons (Fsp3) is 0.0435. The minimum absolute atomic E-state index is 0.394. The van der Waals surface area contributed by atoms with Crippen molar-refractivity contribution in [1.29, 1.82) is 5.26 Å².